The molecule has 0 fully saturated rings. The van der Waals surface area contributed by atoms with Crippen molar-refractivity contribution >= 4 is 21.8 Å². The van der Waals surface area contributed by atoms with E-state index in [1.165, 1.54) is 24.3 Å². The van der Waals surface area contributed by atoms with Crippen LogP contribution in [0.25, 0.3) is 0 Å². The Hall–Kier alpha value is -2.38. The van der Waals surface area contributed by atoms with Gasteiger partial charge in [0, 0.05) is 5.69 Å². The van der Waals surface area contributed by atoms with Gasteiger partial charge in [-0.2, -0.15) is 8.42 Å². The van der Waals surface area contributed by atoms with Crippen molar-refractivity contribution in [2.45, 2.75) is 4.90 Å². The Bertz CT molecular complexity index is 666. The Morgan fingerprint density at radius 2 is 1.45 bits per heavy atom. The minimum atomic E-state index is -4.08. The predicted octanol–water partition coefficient (Wildman–Crippen LogP) is 1.90. The number of anilines is 1. The van der Waals surface area contributed by atoms with E-state index in [4.69, 9.17) is 15.4 Å². The molecule has 0 saturated heterocycles. The Labute approximate surface area is 116 Å². The third-order valence-corrected chi connectivity index (χ3v) is 3.07. The van der Waals surface area contributed by atoms with Crippen LogP contribution in [0.4, 0.5) is 5.69 Å². The Morgan fingerprint density at radius 1 is 0.950 bits per heavy atom. The lowest BCUT2D eigenvalue weighted by Crippen LogP contribution is -1.97. The van der Waals surface area contributed by atoms with Gasteiger partial charge in [0.15, 0.2) is 0 Å². The SMILES string of the molecule is Nc1ccc(S(=O)(=O)O)cc1.O=C(O)c1ccccc1. The fraction of sp³-hybridized carbons (Fsp3) is 0. The quantitative estimate of drug-likeness (QED) is 0.575. The predicted molar refractivity (Wildman–Crippen MR) is 74.1 cm³/mol. The first-order chi connectivity index (χ1) is 9.30. The van der Waals surface area contributed by atoms with Gasteiger partial charge in [0.05, 0.1) is 10.5 Å². The van der Waals surface area contributed by atoms with Crippen LogP contribution in [0.5, 0.6) is 0 Å². The minimum absolute atomic E-state index is 0.147. The van der Waals surface area contributed by atoms with E-state index in [1.54, 1.807) is 30.3 Å². The number of benzene rings is 2. The second-order valence-corrected chi connectivity index (χ2v) is 5.14. The highest BCUT2D eigenvalue weighted by Crippen LogP contribution is 2.10. The van der Waals surface area contributed by atoms with Gasteiger partial charge >= 0.3 is 5.97 Å². The third-order valence-electron chi connectivity index (χ3n) is 2.20. The van der Waals surface area contributed by atoms with E-state index in [1.807, 2.05) is 0 Å². The van der Waals surface area contributed by atoms with Crippen LogP contribution < -0.4 is 5.73 Å². The topological polar surface area (TPSA) is 118 Å². The zero-order chi connectivity index (χ0) is 15.2. The smallest absolute Gasteiger partial charge is 0.335 e. The highest BCUT2D eigenvalue weighted by molar-refractivity contribution is 7.85. The molecular formula is C13H13NO5S. The maximum Gasteiger partial charge on any atom is 0.335 e. The van der Waals surface area contributed by atoms with Gasteiger partial charge in [-0.05, 0) is 36.4 Å². The number of hydrogen-bond donors (Lipinski definition) is 3. The maximum atomic E-state index is 10.5. The highest BCUT2D eigenvalue weighted by atomic mass is 32.2. The molecule has 0 bridgehead atoms. The van der Waals surface area contributed by atoms with E-state index in [-0.39, 0.29) is 4.90 Å². The fourth-order valence-electron chi connectivity index (χ4n) is 1.22. The normalized spacial score (nSPS) is 10.2. The molecule has 7 heteroatoms. The van der Waals surface area contributed by atoms with Crippen LogP contribution in [-0.2, 0) is 10.1 Å². The van der Waals surface area contributed by atoms with E-state index in [0.29, 0.717) is 11.3 Å². The summed E-state index contributed by atoms with van der Waals surface area (Å²) in [5, 5.41) is 8.38. The second kappa shape index (κ2) is 6.69. The van der Waals surface area contributed by atoms with Gasteiger partial charge in [-0.1, -0.05) is 18.2 Å². The molecule has 6 nitrogen and oxygen atoms in total. The lowest BCUT2D eigenvalue weighted by atomic mass is 10.2. The van der Waals surface area contributed by atoms with E-state index in [0.717, 1.165) is 0 Å². The standard InChI is InChI=1S/C7H6O2.C6H7NO3S/c8-7(9)6-4-2-1-3-5-6;7-5-1-3-6(4-2-5)11(8,9)10/h1-5H,(H,8,9);1-4H,7H2,(H,8,9,10). The lowest BCUT2D eigenvalue weighted by Gasteiger charge is -1.95. The summed E-state index contributed by atoms with van der Waals surface area (Å²) in [6.45, 7) is 0. The first kappa shape index (κ1) is 15.7. The van der Waals surface area contributed by atoms with Crippen LogP contribution in [0.15, 0.2) is 59.5 Å². The van der Waals surface area contributed by atoms with Gasteiger partial charge in [-0.25, -0.2) is 4.79 Å². The average Bonchev–Trinajstić information content (AvgIpc) is 2.40. The zero-order valence-corrected chi connectivity index (χ0v) is 11.1. The number of carboxylic acids is 1. The number of carboxylic acid groups (broad SMARTS) is 1. The molecule has 2 aromatic rings. The molecule has 0 aliphatic heterocycles. The Morgan fingerprint density at radius 3 is 1.80 bits per heavy atom. The van der Waals surface area contributed by atoms with E-state index < -0.39 is 16.1 Å². The molecule has 0 aliphatic rings. The van der Waals surface area contributed by atoms with Gasteiger partial charge in [0.25, 0.3) is 10.1 Å². The monoisotopic (exact) mass is 295 g/mol. The molecule has 20 heavy (non-hydrogen) atoms. The summed E-state index contributed by atoms with van der Waals surface area (Å²) in [4.78, 5) is 10.1. The number of nitrogens with two attached hydrogens (primary N) is 1. The molecule has 0 amide bonds. The second-order valence-electron chi connectivity index (χ2n) is 3.72. The van der Waals surface area contributed by atoms with Crippen molar-refractivity contribution in [2.75, 3.05) is 5.73 Å². The first-order valence-electron chi connectivity index (χ1n) is 5.42. The van der Waals surface area contributed by atoms with E-state index in [2.05, 4.69) is 0 Å². The fourth-order valence-corrected chi connectivity index (χ4v) is 1.70. The summed E-state index contributed by atoms with van der Waals surface area (Å²) < 4.78 is 29.4. The average molecular weight is 295 g/mol. The Kier molecular flexibility index (Phi) is 5.24. The Balaban J connectivity index is 0.000000204. The molecular weight excluding hydrogens is 282 g/mol. The van der Waals surface area contributed by atoms with Crippen molar-refractivity contribution in [2.24, 2.45) is 0 Å². The summed E-state index contributed by atoms with van der Waals surface area (Å²) in [5.74, 6) is -0.879. The summed E-state index contributed by atoms with van der Waals surface area (Å²) in [6, 6.07) is 13.6. The molecule has 0 atom stereocenters. The van der Waals surface area contributed by atoms with Crippen molar-refractivity contribution in [3.05, 3.63) is 60.2 Å². The zero-order valence-electron chi connectivity index (χ0n) is 10.3. The van der Waals surface area contributed by atoms with Crippen molar-refractivity contribution in [3.63, 3.8) is 0 Å². The number of nitrogen functional groups attached to an aromatic ring is 1. The van der Waals surface area contributed by atoms with E-state index >= 15 is 0 Å². The van der Waals surface area contributed by atoms with Crippen LogP contribution >= 0.6 is 0 Å². The van der Waals surface area contributed by atoms with Crippen molar-refractivity contribution < 1.29 is 22.9 Å². The molecule has 0 heterocycles. The highest BCUT2D eigenvalue weighted by Gasteiger charge is 2.06. The summed E-state index contributed by atoms with van der Waals surface area (Å²) in [6.07, 6.45) is 0. The largest absolute Gasteiger partial charge is 0.478 e. The molecule has 2 rings (SSSR count). The molecule has 106 valence electrons. The van der Waals surface area contributed by atoms with Crippen molar-refractivity contribution in [1.29, 1.82) is 0 Å². The van der Waals surface area contributed by atoms with E-state index in [9.17, 15) is 13.2 Å². The molecule has 0 radical (unpaired) electrons. The third kappa shape index (κ3) is 5.09. The number of rotatable bonds is 2. The molecule has 0 unspecified atom stereocenters. The van der Waals surface area contributed by atoms with Crippen LogP contribution in [0.3, 0.4) is 0 Å². The molecule has 2 aromatic carbocycles. The summed E-state index contributed by atoms with van der Waals surface area (Å²) in [5.41, 5.74) is 6.08. The molecule has 0 aromatic heterocycles. The van der Waals surface area contributed by atoms with Crippen LogP contribution in [0.2, 0.25) is 0 Å². The molecule has 0 spiro atoms. The minimum Gasteiger partial charge on any atom is -0.478 e. The summed E-state index contributed by atoms with van der Waals surface area (Å²) >= 11 is 0. The molecule has 0 aliphatic carbocycles. The maximum absolute atomic E-state index is 10.5. The van der Waals surface area contributed by atoms with Gasteiger partial charge < -0.3 is 10.8 Å². The van der Waals surface area contributed by atoms with Gasteiger partial charge in [0.1, 0.15) is 0 Å². The van der Waals surface area contributed by atoms with Gasteiger partial charge in [-0.15, -0.1) is 0 Å². The summed E-state index contributed by atoms with van der Waals surface area (Å²) in [7, 11) is -4.08. The first-order valence-corrected chi connectivity index (χ1v) is 6.86. The van der Waals surface area contributed by atoms with Crippen LogP contribution in [-0.4, -0.2) is 24.0 Å². The van der Waals surface area contributed by atoms with Crippen LogP contribution in [0.1, 0.15) is 10.4 Å². The number of aromatic carboxylic acids is 1. The molecule has 4 N–H and O–H groups in total. The van der Waals surface area contributed by atoms with Crippen LogP contribution in [0, 0.1) is 0 Å². The number of carbonyl (C=O) groups is 1. The van der Waals surface area contributed by atoms with Crippen molar-refractivity contribution in [3.8, 4) is 0 Å². The number of hydrogen-bond acceptors (Lipinski definition) is 4. The van der Waals surface area contributed by atoms with Gasteiger partial charge in [0.2, 0.25) is 0 Å². The molecule has 0 saturated carbocycles. The van der Waals surface area contributed by atoms with Gasteiger partial charge in [-0.3, -0.25) is 4.55 Å². The lowest BCUT2D eigenvalue weighted by molar-refractivity contribution is 0.0697. The van der Waals surface area contributed by atoms with Crippen molar-refractivity contribution in [1.82, 2.24) is 0 Å².